The van der Waals surface area contributed by atoms with Gasteiger partial charge in [-0.1, -0.05) is 17.2 Å². The molecule has 0 spiro atoms. The number of carbonyl (C=O) groups excluding carboxylic acids is 1. The van der Waals surface area contributed by atoms with Crippen LogP contribution in [0.1, 0.15) is 31.2 Å². The van der Waals surface area contributed by atoms with Crippen molar-refractivity contribution < 1.29 is 4.79 Å². The van der Waals surface area contributed by atoms with E-state index < -0.39 is 0 Å². The van der Waals surface area contributed by atoms with Crippen molar-refractivity contribution in [3.8, 4) is 0 Å². The van der Waals surface area contributed by atoms with Gasteiger partial charge in [-0.15, -0.1) is 11.3 Å². The van der Waals surface area contributed by atoms with Crippen LogP contribution in [0.2, 0.25) is 0 Å². The standard InChI is InChI=1S/C14H13BrOS/c1-8-4-9(2)6-11(5-8)13(16)14-12(15)7-10(3)17-14/h4-7H,1-3H3. The minimum absolute atomic E-state index is 0.0989. The predicted octanol–water partition coefficient (Wildman–Crippen LogP) is 4.67. The van der Waals surface area contributed by atoms with Crippen LogP contribution < -0.4 is 0 Å². The first kappa shape index (κ1) is 12.5. The minimum Gasteiger partial charge on any atom is -0.288 e. The van der Waals surface area contributed by atoms with Gasteiger partial charge in [0.1, 0.15) is 0 Å². The van der Waals surface area contributed by atoms with Crippen molar-refractivity contribution in [1.82, 2.24) is 0 Å². The molecule has 88 valence electrons. The molecule has 0 N–H and O–H groups in total. The fourth-order valence-corrected chi connectivity index (χ4v) is 3.66. The van der Waals surface area contributed by atoms with E-state index in [1.807, 2.05) is 39.0 Å². The SMILES string of the molecule is Cc1cc(C)cc(C(=O)c2sc(C)cc2Br)c1. The molecule has 0 amide bonds. The average molecular weight is 309 g/mol. The smallest absolute Gasteiger partial charge is 0.204 e. The summed E-state index contributed by atoms with van der Waals surface area (Å²) in [4.78, 5) is 14.3. The van der Waals surface area contributed by atoms with E-state index in [0.717, 1.165) is 30.9 Å². The van der Waals surface area contributed by atoms with E-state index in [1.54, 1.807) is 0 Å². The Morgan fingerprint density at radius 1 is 1.06 bits per heavy atom. The zero-order chi connectivity index (χ0) is 12.6. The van der Waals surface area contributed by atoms with Crippen LogP contribution in [0.4, 0.5) is 0 Å². The summed E-state index contributed by atoms with van der Waals surface area (Å²) in [5.74, 6) is 0.0989. The minimum atomic E-state index is 0.0989. The van der Waals surface area contributed by atoms with Crippen molar-refractivity contribution in [3.05, 3.63) is 55.2 Å². The van der Waals surface area contributed by atoms with Crippen LogP contribution in [0.3, 0.4) is 0 Å². The molecule has 1 aromatic carbocycles. The van der Waals surface area contributed by atoms with E-state index in [9.17, 15) is 4.79 Å². The number of carbonyl (C=O) groups is 1. The Hall–Kier alpha value is -0.930. The highest BCUT2D eigenvalue weighted by Crippen LogP contribution is 2.29. The molecule has 1 aromatic heterocycles. The third-order valence-corrected chi connectivity index (χ3v) is 4.44. The topological polar surface area (TPSA) is 17.1 Å². The van der Waals surface area contributed by atoms with Crippen LogP contribution >= 0.6 is 27.3 Å². The first-order valence-corrected chi connectivity index (χ1v) is 6.97. The monoisotopic (exact) mass is 308 g/mol. The van der Waals surface area contributed by atoms with Crippen LogP contribution in [0.15, 0.2) is 28.7 Å². The molecule has 0 fully saturated rings. The van der Waals surface area contributed by atoms with Gasteiger partial charge in [-0.05, 0) is 54.9 Å². The van der Waals surface area contributed by atoms with Crippen LogP contribution in [0.5, 0.6) is 0 Å². The van der Waals surface area contributed by atoms with Crippen molar-refractivity contribution in [2.24, 2.45) is 0 Å². The number of hydrogen-bond acceptors (Lipinski definition) is 2. The Labute approximate surface area is 114 Å². The fourth-order valence-electron chi connectivity index (χ4n) is 1.87. The van der Waals surface area contributed by atoms with E-state index in [-0.39, 0.29) is 5.78 Å². The summed E-state index contributed by atoms with van der Waals surface area (Å²) in [5.41, 5.74) is 3.01. The van der Waals surface area contributed by atoms with Gasteiger partial charge in [0.05, 0.1) is 4.88 Å². The summed E-state index contributed by atoms with van der Waals surface area (Å²) in [5, 5.41) is 0. The fraction of sp³-hybridized carbons (Fsp3) is 0.214. The molecule has 0 aliphatic rings. The Morgan fingerprint density at radius 2 is 1.65 bits per heavy atom. The molecule has 0 radical (unpaired) electrons. The summed E-state index contributed by atoms with van der Waals surface area (Å²) in [6.45, 7) is 6.03. The number of ketones is 1. The second-order valence-corrected chi connectivity index (χ2v) is 6.35. The second kappa shape index (κ2) is 4.75. The highest BCUT2D eigenvalue weighted by molar-refractivity contribution is 9.10. The maximum atomic E-state index is 12.4. The van der Waals surface area contributed by atoms with Gasteiger partial charge in [-0.3, -0.25) is 4.79 Å². The third-order valence-electron chi connectivity index (χ3n) is 2.50. The van der Waals surface area contributed by atoms with Crippen LogP contribution in [0, 0.1) is 20.8 Å². The highest BCUT2D eigenvalue weighted by Gasteiger charge is 2.15. The predicted molar refractivity (Wildman–Crippen MR) is 76.1 cm³/mol. The van der Waals surface area contributed by atoms with E-state index in [0.29, 0.717) is 0 Å². The zero-order valence-corrected chi connectivity index (χ0v) is 12.4. The van der Waals surface area contributed by atoms with Gasteiger partial charge in [0.15, 0.2) is 0 Å². The zero-order valence-electron chi connectivity index (χ0n) is 10.0. The molecule has 2 aromatic rings. The van der Waals surface area contributed by atoms with E-state index in [4.69, 9.17) is 0 Å². The number of hydrogen-bond donors (Lipinski definition) is 0. The van der Waals surface area contributed by atoms with Gasteiger partial charge in [0, 0.05) is 14.9 Å². The van der Waals surface area contributed by atoms with Crippen molar-refractivity contribution >= 4 is 33.0 Å². The molecule has 2 rings (SSSR count). The maximum absolute atomic E-state index is 12.4. The second-order valence-electron chi connectivity index (χ2n) is 4.24. The van der Waals surface area contributed by atoms with E-state index in [1.165, 1.54) is 11.3 Å². The number of benzene rings is 1. The molecule has 17 heavy (non-hydrogen) atoms. The molecular formula is C14H13BrOS. The number of halogens is 1. The Kier molecular flexibility index (Phi) is 3.50. The molecule has 1 heterocycles. The highest BCUT2D eigenvalue weighted by atomic mass is 79.9. The lowest BCUT2D eigenvalue weighted by Crippen LogP contribution is -2.00. The molecule has 0 bridgehead atoms. The molecular weight excluding hydrogens is 296 g/mol. The molecule has 0 atom stereocenters. The van der Waals surface area contributed by atoms with E-state index >= 15 is 0 Å². The van der Waals surface area contributed by atoms with Crippen molar-refractivity contribution in [3.63, 3.8) is 0 Å². The lowest BCUT2D eigenvalue weighted by atomic mass is 10.0. The Morgan fingerprint density at radius 3 is 2.12 bits per heavy atom. The summed E-state index contributed by atoms with van der Waals surface area (Å²) in [7, 11) is 0. The number of rotatable bonds is 2. The first-order chi connectivity index (χ1) is 7.97. The van der Waals surface area contributed by atoms with Gasteiger partial charge >= 0.3 is 0 Å². The molecule has 1 nitrogen and oxygen atoms in total. The molecule has 0 saturated carbocycles. The Balaban J connectivity index is 2.47. The number of aryl methyl sites for hydroxylation is 3. The number of thiophene rings is 1. The largest absolute Gasteiger partial charge is 0.288 e. The quantitative estimate of drug-likeness (QED) is 0.737. The normalized spacial score (nSPS) is 10.6. The maximum Gasteiger partial charge on any atom is 0.204 e. The van der Waals surface area contributed by atoms with Gasteiger partial charge in [0.2, 0.25) is 5.78 Å². The van der Waals surface area contributed by atoms with Gasteiger partial charge in [0.25, 0.3) is 0 Å². The molecule has 0 saturated heterocycles. The Bertz CT molecular complexity index is 564. The van der Waals surface area contributed by atoms with Gasteiger partial charge in [-0.25, -0.2) is 0 Å². The van der Waals surface area contributed by atoms with Crippen LogP contribution in [0.25, 0.3) is 0 Å². The summed E-state index contributed by atoms with van der Waals surface area (Å²) in [6.07, 6.45) is 0. The van der Waals surface area contributed by atoms with Crippen molar-refractivity contribution in [2.45, 2.75) is 20.8 Å². The molecule has 3 heteroatoms. The lowest BCUT2D eigenvalue weighted by molar-refractivity contribution is 0.104. The summed E-state index contributed by atoms with van der Waals surface area (Å²) in [6, 6.07) is 7.94. The molecule has 0 unspecified atom stereocenters. The lowest BCUT2D eigenvalue weighted by Gasteiger charge is -2.03. The summed E-state index contributed by atoms with van der Waals surface area (Å²) < 4.78 is 0.893. The third kappa shape index (κ3) is 2.67. The van der Waals surface area contributed by atoms with Crippen LogP contribution in [-0.4, -0.2) is 5.78 Å². The van der Waals surface area contributed by atoms with Crippen molar-refractivity contribution in [2.75, 3.05) is 0 Å². The molecule has 0 aliphatic carbocycles. The van der Waals surface area contributed by atoms with E-state index in [2.05, 4.69) is 22.0 Å². The van der Waals surface area contributed by atoms with Gasteiger partial charge in [-0.2, -0.15) is 0 Å². The average Bonchev–Trinajstić information content (AvgIpc) is 2.55. The first-order valence-electron chi connectivity index (χ1n) is 5.36. The summed E-state index contributed by atoms with van der Waals surface area (Å²) >= 11 is 4.97. The van der Waals surface area contributed by atoms with Crippen LogP contribution in [-0.2, 0) is 0 Å². The molecule has 0 aliphatic heterocycles. The van der Waals surface area contributed by atoms with Crippen molar-refractivity contribution in [1.29, 1.82) is 0 Å². The van der Waals surface area contributed by atoms with Gasteiger partial charge < -0.3 is 0 Å².